The third-order valence-electron chi connectivity index (χ3n) is 3.75. The average molecular weight is 364 g/mol. The van der Waals surface area contributed by atoms with Crippen molar-refractivity contribution in [3.05, 3.63) is 71.3 Å². The van der Waals surface area contributed by atoms with Crippen molar-refractivity contribution in [2.45, 2.75) is 25.6 Å². The standard InChI is InChI=1S/C19H19F3N2O2/c1-13(15-8-5-9-16(11-15)19(20,21)22)24-18(26)12-23-17(25)10-14-6-3-2-4-7-14/h2-9,11,13H,10,12H2,1H3,(H,23,25)(H,24,26). The van der Waals surface area contributed by atoms with Crippen molar-refractivity contribution in [2.75, 3.05) is 6.54 Å². The second kappa shape index (κ2) is 8.51. The van der Waals surface area contributed by atoms with E-state index in [1.807, 2.05) is 18.2 Å². The van der Waals surface area contributed by atoms with Gasteiger partial charge in [0.2, 0.25) is 11.8 Å². The van der Waals surface area contributed by atoms with Gasteiger partial charge in [-0.25, -0.2) is 0 Å². The predicted molar refractivity (Wildman–Crippen MR) is 91.2 cm³/mol. The maximum atomic E-state index is 12.7. The van der Waals surface area contributed by atoms with Crippen molar-refractivity contribution < 1.29 is 22.8 Å². The van der Waals surface area contributed by atoms with Gasteiger partial charge in [-0.2, -0.15) is 13.2 Å². The maximum Gasteiger partial charge on any atom is 0.416 e. The van der Waals surface area contributed by atoms with Crippen LogP contribution in [0.1, 0.15) is 29.7 Å². The summed E-state index contributed by atoms with van der Waals surface area (Å²) >= 11 is 0. The average Bonchev–Trinajstić information content (AvgIpc) is 2.60. The van der Waals surface area contributed by atoms with Crippen molar-refractivity contribution in [1.82, 2.24) is 10.6 Å². The number of nitrogens with one attached hydrogen (secondary N) is 2. The fraction of sp³-hybridized carbons (Fsp3) is 0.263. The Balaban J connectivity index is 1.84. The molecule has 2 aromatic rings. The highest BCUT2D eigenvalue weighted by Crippen LogP contribution is 2.30. The van der Waals surface area contributed by atoms with Crippen LogP contribution >= 0.6 is 0 Å². The lowest BCUT2D eigenvalue weighted by Crippen LogP contribution is -2.38. The first-order valence-electron chi connectivity index (χ1n) is 8.03. The van der Waals surface area contributed by atoms with Crippen molar-refractivity contribution in [1.29, 1.82) is 0 Å². The summed E-state index contributed by atoms with van der Waals surface area (Å²) in [5, 5.41) is 5.07. The van der Waals surface area contributed by atoms with Crippen LogP contribution in [-0.2, 0) is 22.2 Å². The summed E-state index contributed by atoms with van der Waals surface area (Å²) in [5.41, 5.74) is 0.388. The van der Waals surface area contributed by atoms with Gasteiger partial charge in [0.05, 0.1) is 24.6 Å². The van der Waals surface area contributed by atoms with Gasteiger partial charge in [-0.1, -0.05) is 42.5 Å². The minimum absolute atomic E-state index is 0.150. The molecule has 1 atom stereocenters. The van der Waals surface area contributed by atoms with Crippen molar-refractivity contribution in [2.24, 2.45) is 0 Å². The largest absolute Gasteiger partial charge is 0.416 e. The molecule has 7 heteroatoms. The van der Waals surface area contributed by atoms with E-state index in [0.717, 1.165) is 17.7 Å². The summed E-state index contributed by atoms with van der Waals surface area (Å²) in [7, 11) is 0. The van der Waals surface area contributed by atoms with Gasteiger partial charge in [-0.05, 0) is 30.2 Å². The third kappa shape index (κ3) is 5.91. The van der Waals surface area contributed by atoms with Crippen LogP contribution in [0, 0.1) is 0 Å². The van der Waals surface area contributed by atoms with E-state index < -0.39 is 23.7 Å². The van der Waals surface area contributed by atoms with Crippen molar-refractivity contribution in [3.8, 4) is 0 Å². The van der Waals surface area contributed by atoms with E-state index in [1.165, 1.54) is 12.1 Å². The third-order valence-corrected chi connectivity index (χ3v) is 3.75. The summed E-state index contributed by atoms with van der Waals surface area (Å²) in [6.45, 7) is 1.34. The van der Waals surface area contributed by atoms with Gasteiger partial charge in [-0.15, -0.1) is 0 Å². The minimum atomic E-state index is -4.44. The second-order valence-electron chi connectivity index (χ2n) is 5.85. The number of carbonyl (C=O) groups excluding carboxylic acids is 2. The molecule has 0 aliphatic heterocycles. The van der Waals surface area contributed by atoms with Crippen LogP contribution in [0.5, 0.6) is 0 Å². The molecule has 4 nitrogen and oxygen atoms in total. The molecule has 1 unspecified atom stereocenters. The molecule has 0 heterocycles. The van der Waals surface area contributed by atoms with Crippen molar-refractivity contribution in [3.63, 3.8) is 0 Å². The predicted octanol–water partition coefficient (Wildman–Crippen LogP) is 3.24. The summed E-state index contributed by atoms with van der Waals surface area (Å²) in [5.74, 6) is -0.783. The van der Waals surface area contributed by atoms with E-state index in [4.69, 9.17) is 0 Å². The second-order valence-corrected chi connectivity index (χ2v) is 5.85. The van der Waals surface area contributed by atoms with Crippen LogP contribution < -0.4 is 10.6 Å². The molecular formula is C19H19F3N2O2. The molecule has 0 radical (unpaired) electrons. The van der Waals surface area contributed by atoms with Gasteiger partial charge in [-0.3, -0.25) is 9.59 Å². The molecule has 2 amide bonds. The lowest BCUT2D eigenvalue weighted by Gasteiger charge is -2.16. The van der Waals surface area contributed by atoms with Gasteiger partial charge < -0.3 is 10.6 Å². The van der Waals surface area contributed by atoms with E-state index in [-0.39, 0.29) is 18.9 Å². The zero-order chi connectivity index (χ0) is 19.2. The summed E-state index contributed by atoms with van der Waals surface area (Å²) in [4.78, 5) is 23.7. The Morgan fingerprint density at radius 2 is 1.69 bits per heavy atom. The Labute approximate surface area is 149 Å². The van der Waals surface area contributed by atoms with Crippen molar-refractivity contribution >= 4 is 11.8 Å². The van der Waals surface area contributed by atoms with Gasteiger partial charge >= 0.3 is 6.18 Å². The first-order chi connectivity index (χ1) is 12.3. The first kappa shape index (κ1) is 19.5. The molecule has 0 aliphatic rings. The highest BCUT2D eigenvalue weighted by atomic mass is 19.4. The number of amides is 2. The fourth-order valence-electron chi connectivity index (χ4n) is 2.38. The molecule has 0 aliphatic carbocycles. The van der Waals surface area contributed by atoms with E-state index in [1.54, 1.807) is 19.1 Å². The zero-order valence-corrected chi connectivity index (χ0v) is 14.1. The van der Waals surface area contributed by atoms with E-state index in [9.17, 15) is 22.8 Å². The Hall–Kier alpha value is -2.83. The number of benzene rings is 2. The summed E-state index contributed by atoms with van der Waals surface area (Å²) in [6, 6.07) is 13.2. The summed E-state index contributed by atoms with van der Waals surface area (Å²) in [6.07, 6.45) is -4.29. The van der Waals surface area contributed by atoms with E-state index >= 15 is 0 Å². The number of carbonyl (C=O) groups is 2. The van der Waals surface area contributed by atoms with E-state index in [0.29, 0.717) is 5.56 Å². The topological polar surface area (TPSA) is 58.2 Å². The molecular weight excluding hydrogens is 345 g/mol. The first-order valence-corrected chi connectivity index (χ1v) is 8.03. The van der Waals surface area contributed by atoms with Crippen LogP contribution in [0.3, 0.4) is 0 Å². The van der Waals surface area contributed by atoms with Crippen LogP contribution in [-0.4, -0.2) is 18.4 Å². The monoisotopic (exact) mass is 364 g/mol. The smallest absolute Gasteiger partial charge is 0.348 e. The molecule has 2 rings (SSSR count). The Bertz CT molecular complexity index is 761. The molecule has 2 N–H and O–H groups in total. The Kier molecular flexibility index (Phi) is 6.38. The lowest BCUT2D eigenvalue weighted by atomic mass is 10.0. The van der Waals surface area contributed by atoms with Gasteiger partial charge in [0.15, 0.2) is 0 Å². The van der Waals surface area contributed by atoms with Crippen LogP contribution in [0.15, 0.2) is 54.6 Å². The number of alkyl halides is 3. The Morgan fingerprint density at radius 1 is 1.00 bits per heavy atom. The zero-order valence-electron chi connectivity index (χ0n) is 14.1. The number of hydrogen-bond acceptors (Lipinski definition) is 2. The lowest BCUT2D eigenvalue weighted by molar-refractivity contribution is -0.137. The van der Waals surface area contributed by atoms with Gasteiger partial charge in [0.25, 0.3) is 0 Å². The molecule has 0 spiro atoms. The molecule has 0 saturated heterocycles. The molecule has 138 valence electrons. The SMILES string of the molecule is CC(NC(=O)CNC(=O)Cc1ccccc1)c1cccc(C(F)(F)F)c1. The normalized spacial score (nSPS) is 12.3. The molecule has 0 saturated carbocycles. The molecule has 0 fully saturated rings. The number of rotatable bonds is 6. The van der Waals surface area contributed by atoms with Gasteiger partial charge in [0.1, 0.15) is 0 Å². The van der Waals surface area contributed by atoms with Crippen LogP contribution in [0.2, 0.25) is 0 Å². The maximum absolute atomic E-state index is 12.7. The molecule has 0 bridgehead atoms. The molecule has 2 aromatic carbocycles. The number of halogens is 3. The summed E-state index contributed by atoms with van der Waals surface area (Å²) < 4.78 is 38.2. The molecule has 0 aromatic heterocycles. The van der Waals surface area contributed by atoms with Crippen LogP contribution in [0.25, 0.3) is 0 Å². The van der Waals surface area contributed by atoms with Crippen LogP contribution in [0.4, 0.5) is 13.2 Å². The van der Waals surface area contributed by atoms with E-state index in [2.05, 4.69) is 10.6 Å². The highest BCUT2D eigenvalue weighted by molar-refractivity contribution is 5.85. The Morgan fingerprint density at radius 3 is 2.35 bits per heavy atom. The highest BCUT2D eigenvalue weighted by Gasteiger charge is 2.30. The number of hydrogen-bond donors (Lipinski definition) is 2. The molecule has 26 heavy (non-hydrogen) atoms. The fourth-order valence-corrected chi connectivity index (χ4v) is 2.38. The van der Waals surface area contributed by atoms with Gasteiger partial charge in [0, 0.05) is 0 Å². The minimum Gasteiger partial charge on any atom is -0.348 e. The quantitative estimate of drug-likeness (QED) is 0.827.